The van der Waals surface area contributed by atoms with E-state index >= 15 is 0 Å². The highest BCUT2D eigenvalue weighted by Crippen LogP contribution is 2.12. The second-order valence-electron chi connectivity index (χ2n) is 4.99. The van der Waals surface area contributed by atoms with Gasteiger partial charge in [-0.15, -0.1) is 5.10 Å². The number of pyridine rings is 1. The van der Waals surface area contributed by atoms with Crippen LogP contribution in [0.1, 0.15) is 12.1 Å². The average molecular weight is 312 g/mol. The smallest absolute Gasteiger partial charge is 0.150 e. The first kappa shape index (κ1) is 14.5. The first-order valence-electron chi connectivity index (χ1n) is 7.09. The summed E-state index contributed by atoms with van der Waals surface area (Å²) in [6, 6.07) is 13.3. The predicted molar refractivity (Wildman–Crippen MR) is 86.6 cm³/mol. The monoisotopic (exact) mass is 312 g/mol. The molecule has 0 fully saturated rings. The molecule has 2 aromatic heterocycles. The maximum Gasteiger partial charge on any atom is 0.150 e. The maximum atomic E-state index is 9.60. The Kier molecular flexibility index (Phi) is 4.29. The van der Waals surface area contributed by atoms with Gasteiger partial charge in [0.2, 0.25) is 0 Å². The SMILES string of the molecule is Oc1cccn(CCCc2cn(-c3ccccc3)nn2)c1=S. The van der Waals surface area contributed by atoms with Crippen molar-refractivity contribution in [1.29, 1.82) is 0 Å². The number of para-hydroxylation sites is 1. The minimum absolute atomic E-state index is 0.146. The molecule has 0 spiro atoms. The molecule has 1 aromatic carbocycles. The summed E-state index contributed by atoms with van der Waals surface area (Å²) in [4.78, 5) is 0. The lowest BCUT2D eigenvalue weighted by atomic mass is 10.2. The van der Waals surface area contributed by atoms with Gasteiger partial charge in [-0.3, -0.25) is 0 Å². The molecule has 5 nitrogen and oxygen atoms in total. The Balaban J connectivity index is 1.62. The van der Waals surface area contributed by atoms with Crippen LogP contribution in [0.5, 0.6) is 5.75 Å². The third kappa shape index (κ3) is 3.23. The summed E-state index contributed by atoms with van der Waals surface area (Å²) < 4.78 is 4.11. The molecule has 0 aliphatic rings. The van der Waals surface area contributed by atoms with Gasteiger partial charge in [-0.25, -0.2) is 4.68 Å². The lowest BCUT2D eigenvalue weighted by Crippen LogP contribution is -2.01. The molecule has 2 heterocycles. The van der Waals surface area contributed by atoms with Crippen molar-refractivity contribution in [2.75, 3.05) is 0 Å². The van der Waals surface area contributed by atoms with E-state index in [0.29, 0.717) is 4.64 Å². The Morgan fingerprint density at radius 1 is 1.09 bits per heavy atom. The van der Waals surface area contributed by atoms with Crippen LogP contribution in [0.2, 0.25) is 0 Å². The number of aromatic hydroxyl groups is 1. The van der Waals surface area contributed by atoms with Gasteiger partial charge in [0, 0.05) is 12.7 Å². The van der Waals surface area contributed by atoms with Crippen LogP contribution in [-0.2, 0) is 13.0 Å². The molecule has 0 aliphatic carbocycles. The molecule has 6 heteroatoms. The number of benzene rings is 1. The van der Waals surface area contributed by atoms with Gasteiger partial charge in [0.15, 0.2) is 0 Å². The summed E-state index contributed by atoms with van der Waals surface area (Å²) in [5, 5.41) is 17.9. The molecule has 3 rings (SSSR count). The maximum absolute atomic E-state index is 9.60. The summed E-state index contributed by atoms with van der Waals surface area (Å²) in [5.41, 5.74) is 1.94. The summed E-state index contributed by atoms with van der Waals surface area (Å²) in [6.07, 6.45) is 5.51. The molecule has 0 unspecified atom stereocenters. The molecule has 1 N–H and O–H groups in total. The number of hydrogen-bond acceptors (Lipinski definition) is 4. The second-order valence-corrected chi connectivity index (χ2v) is 5.37. The largest absolute Gasteiger partial charge is 0.505 e. The van der Waals surface area contributed by atoms with Crippen LogP contribution in [0.3, 0.4) is 0 Å². The summed E-state index contributed by atoms with van der Waals surface area (Å²) in [6.45, 7) is 0.741. The molecular weight excluding hydrogens is 296 g/mol. The van der Waals surface area contributed by atoms with Crippen molar-refractivity contribution < 1.29 is 5.11 Å². The van der Waals surface area contributed by atoms with Gasteiger partial charge in [-0.05, 0) is 37.1 Å². The van der Waals surface area contributed by atoms with Gasteiger partial charge in [0.1, 0.15) is 10.4 Å². The lowest BCUT2D eigenvalue weighted by molar-refractivity contribution is 0.460. The highest BCUT2D eigenvalue weighted by Gasteiger charge is 2.03. The lowest BCUT2D eigenvalue weighted by Gasteiger charge is -2.06. The zero-order valence-corrected chi connectivity index (χ0v) is 12.8. The van der Waals surface area contributed by atoms with Crippen molar-refractivity contribution in [3.05, 3.63) is 65.2 Å². The minimum atomic E-state index is 0.146. The third-order valence-corrected chi connectivity index (χ3v) is 3.84. The molecule has 0 amide bonds. The van der Waals surface area contributed by atoms with E-state index in [4.69, 9.17) is 12.2 Å². The van der Waals surface area contributed by atoms with Gasteiger partial charge in [-0.2, -0.15) is 0 Å². The average Bonchev–Trinajstić information content (AvgIpc) is 3.01. The van der Waals surface area contributed by atoms with Crippen LogP contribution in [-0.4, -0.2) is 24.7 Å². The topological polar surface area (TPSA) is 55.9 Å². The van der Waals surface area contributed by atoms with Crippen LogP contribution < -0.4 is 0 Å². The van der Waals surface area contributed by atoms with Gasteiger partial charge in [0.25, 0.3) is 0 Å². The normalized spacial score (nSPS) is 10.7. The predicted octanol–water partition coefficient (Wildman–Crippen LogP) is 3.14. The fraction of sp³-hybridized carbons (Fsp3) is 0.188. The molecule has 112 valence electrons. The Morgan fingerprint density at radius 2 is 1.91 bits per heavy atom. The van der Waals surface area contributed by atoms with Crippen LogP contribution >= 0.6 is 12.2 Å². The van der Waals surface area contributed by atoms with E-state index in [1.807, 2.05) is 47.3 Å². The number of hydrogen-bond donors (Lipinski definition) is 1. The molecule has 0 aliphatic heterocycles. The summed E-state index contributed by atoms with van der Waals surface area (Å²) in [7, 11) is 0. The molecule has 0 bridgehead atoms. The van der Waals surface area contributed by atoms with Crippen molar-refractivity contribution in [2.45, 2.75) is 19.4 Å². The van der Waals surface area contributed by atoms with Gasteiger partial charge in [0.05, 0.1) is 17.6 Å². The zero-order chi connectivity index (χ0) is 15.4. The Bertz CT molecular complexity index is 810. The first-order chi connectivity index (χ1) is 10.7. The fourth-order valence-corrected chi connectivity index (χ4v) is 2.47. The van der Waals surface area contributed by atoms with Crippen LogP contribution in [0.15, 0.2) is 54.9 Å². The number of rotatable bonds is 5. The third-order valence-electron chi connectivity index (χ3n) is 3.39. The number of aryl methyl sites for hydroxylation is 2. The van der Waals surface area contributed by atoms with Crippen molar-refractivity contribution in [1.82, 2.24) is 19.6 Å². The Morgan fingerprint density at radius 3 is 2.73 bits per heavy atom. The Labute approximate surface area is 133 Å². The van der Waals surface area contributed by atoms with E-state index in [0.717, 1.165) is 30.8 Å². The molecule has 0 atom stereocenters. The number of aromatic nitrogens is 4. The zero-order valence-electron chi connectivity index (χ0n) is 12.0. The molecular formula is C16H16N4OS. The molecule has 0 saturated carbocycles. The first-order valence-corrected chi connectivity index (χ1v) is 7.50. The van der Waals surface area contributed by atoms with E-state index in [1.54, 1.807) is 16.8 Å². The van der Waals surface area contributed by atoms with Crippen molar-refractivity contribution >= 4 is 12.2 Å². The highest BCUT2D eigenvalue weighted by molar-refractivity contribution is 7.71. The van der Waals surface area contributed by atoms with E-state index in [9.17, 15) is 5.11 Å². The van der Waals surface area contributed by atoms with Gasteiger partial charge >= 0.3 is 0 Å². The van der Waals surface area contributed by atoms with E-state index in [-0.39, 0.29) is 5.75 Å². The molecule has 22 heavy (non-hydrogen) atoms. The van der Waals surface area contributed by atoms with E-state index in [1.165, 1.54) is 0 Å². The van der Waals surface area contributed by atoms with E-state index in [2.05, 4.69) is 10.3 Å². The summed E-state index contributed by atoms with van der Waals surface area (Å²) in [5.74, 6) is 0.146. The van der Waals surface area contributed by atoms with Crippen molar-refractivity contribution in [3.63, 3.8) is 0 Å². The molecule has 3 aromatic rings. The van der Waals surface area contributed by atoms with Gasteiger partial charge < -0.3 is 9.67 Å². The molecule has 0 radical (unpaired) electrons. The van der Waals surface area contributed by atoms with Crippen molar-refractivity contribution in [2.24, 2.45) is 0 Å². The number of nitrogens with zero attached hydrogens (tertiary/aromatic N) is 4. The van der Waals surface area contributed by atoms with E-state index < -0.39 is 0 Å². The Hall–Kier alpha value is -2.47. The van der Waals surface area contributed by atoms with Crippen LogP contribution in [0.25, 0.3) is 5.69 Å². The highest BCUT2D eigenvalue weighted by atomic mass is 32.1. The quantitative estimate of drug-likeness (QED) is 0.735. The fourth-order valence-electron chi connectivity index (χ4n) is 2.25. The van der Waals surface area contributed by atoms with Crippen molar-refractivity contribution in [3.8, 4) is 11.4 Å². The van der Waals surface area contributed by atoms with Crippen LogP contribution in [0.4, 0.5) is 0 Å². The summed E-state index contributed by atoms with van der Waals surface area (Å²) >= 11 is 5.17. The second kappa shape index (κ2) is 6.53. The standard InChI is InChI=1S/C16H16N4OS/c21-15-9-5-11-19(16(15)22)10-4-6-13-12-20(18-17-13)14-7-2-1-3-8-14/h1-3,5,7-9,11-12,21H,4,6,10H2. The van der Waals surface area contributed by atoms with Gasteiger partial charge in [-0.1, -0.05) is 35.6 Å². The minimum Gasteiger partial charge on any atom is -0.505 e. The molecule has 0 saturated heterocycles. The van der Waals surface area contributed by atoms with Crippen LogP contribution in [0, 0.1) is 4.64 Å².